The molecule has 0 radical (unpaired) electrons. The number of halogens is 3. The minimum Gasteiger partial charge on any atom is -0.479 e. The second-order valence-corrected chi connectivity index (χ2v) is 5.39. The molecule has 21 heavy (non-hydrogen) atoms. The molecule has 2 amide bonds. The Morgan fingerprint density at radius 2 is 1.76 bits per heavy atom. The average molecular weight is 312 g/mol. The number of urea groups is 1. The van der Waals surface area contributed by atoms with Gasteiger partial charge in [-0.05, 0) is 19.8 Å². The fourth-order valence-electron chi connectivity index (χ4n) is 2.24. The molecule has 3 N–H and O–H groups in total. The number of carbonyl (C=O) groups excluding carboxylic acids is 1. The molecular formula is C12H19F3N2O4. The highest BCUT2D eigenvalue weighted by atomic mass is 19.4. The average Bonchev–Trinajstić information content (AvgIpc) is 2.36. The summed E-state index contributed by atoms with van der Waals surface area (Å²) in [5, 5.41) is 20.1. The molecule has 122 valence electrons. The number of amides is 2. The zero-order chi connectivity index (χ0) is 16.4. The van der Waals surface area contributed by atoms with Crippen LogP contribution in [0.2, 0.25) is 0 Å². The lowest BCUT2D eigenvalue weighted by Gasteiger charge is -2.37. The van der Waals surface area contributed by atoms with Gasteiger partial charge in [0, 0.05) is 7.05 Å². The molecule has 0 aromatic carbocycles. The monoisotopic (exact) mass is 312 g/mol. The molecule has 6 nitrogen and oxygen atoms in total. The van der Waals surface area contributed by atoms with Crippen LogP contribution < -0.4 is 5.32 Å². The number of nitrogens with zero attached hydrogens (tertiary/aromatic N) is 1. The third-order valence-corrected chi connectivity index (χ3v) is 3.86. The van der Waals surface area contributed by atoms with Gasteiger partial charge in [0.15, 0.2) is 0 Å². The van der Waals surface area contributed by atoms with Crippen LogP contribution in [0.4, 0.5) is 18.0 Å². The Hall–Kier alpha value is -1.51. The minimum absolute atomic E-state index is 0.387. The maximum Gasteiger partial charge on any atom is 0.422 e. The molecular weight excluding hydrogens is 293 g/mol. The minimum atomic E-state index is -5.14. The Balaban J connectivity index is 2.85. The summed E-state index contributed by atoms with van der Waals surface area (Å²) in [5.74, 6) is -2.19. The first-order valence-corrected chi connectivity index (χ1v) is 6.54. The molecule has 1 fully saturated rings. The van der Waals surface area contributed by atoms with E-state index < -0.39 is 35.9 Å². The molecule has 0 aromatic rings. The molecule has 1 rings (SSSR count). The first kappa shape index (κ1) is 17.5. The van der Waals surface area contributed by atoms with Crippen molar-refractivity contribution in [2.75, 3.05) is 7.05 Å². The highest BCUT2D eigenvalue weighted by Crippen LogP contribution is 2.31. The van der Waals surface area contributed by atoms with Crippen molar-refractivity contribution >= 4 is 12.0 Å². The van der Waals surface area contributed by atoms with Crippen molar-refractivity contribution in [3.8, 4) is 0 Å². The number of hydrogen-bond acceptors (Lipinski definition) is 3. The SMILES string of the molecule is CN(C(=O)NC(C)(C(=O)O)C(F)(F)F)C1CCCCC1O. The van der Waals surface area contributed by atoms with E-state index in [1.165, 1.54) is 12.4 Å². The number of hydrogen-bond donors (Lipinski definition) is 3. The largest absolute Gasteiger partial charge is 0.479 e. The summed E-state index contributed by atoms with van der Waals surface area (Å²) in [6, 6.07) is -1.80. The first-order valence-electron chi connectivity index (χ1n) is 6.54. The van der Waals surface area contributed by atoms with Crippen molar-refractivity contribution in [2.45, 2.75) is 56.5 Å². The van der Waals surface area contributed by atoms with Crippen LogP contribution in [0, 0.1) is 0 Å². The molecule has 1 aliphatic rings. The molecule has 0 heterocycles. The van der Waals surface area contributed by atoms with Crippen molar-refractivity contribution in [1.82, 2.24) is 10.2 Å². The molecule has 0 saturated heterocycles. The number of carbonyl (C=O) groups is 2. The Kier molecular flexibility index (Phi) is 5.08. The van der Waals surface area contributed by atoms with Crippen LogP contribution in [0.1, 0.15) is 32.6 Å². The van der Waals surface area contributed by atoms with E-state index in [9.17, 15) is 27.9 Å². The van der Waals surface area contributed by atoms with Crippen LogP contribution in [-0.4, -0.2) is 58.0 Å². The first-order chi connectivity index (χ1) is 9.50. The summed E-state index contributed by atoms with van der Waals surface area (Å²) < 4.78 is 38.5. The number of alkyl halides is 3. The Morgan fingerprint density at radius 1 is 1.24 bits per heavy atom. The second-order valence-electron chi connectivity index (χ2n) is 5.39. The van der Waals surface area contributed by atoms with Crippen molar-refractivity contribution in [1.29, 1.82) is 0 Å². The van der Waals surface area contributed by atoms with Gasteiger partial charge in [0.05, 0.1) is 12.1 Å². The van der Waals surface area contributed by atoms with Gasteiger partial charge in [0.1, 0.15) is 0 Å². The second kappa shape index (κ2) is 6.08. The van der Waals surface area contributed by atoms with E-state index in [4.69, 9.17) is 5.11 Å². The van der Waals surface area contributed by atoms with E-state index in [-0.39, 0.29) is 0 Å². The fourth-order valence-corrected chi connectivity index (χ4v) is 2.24. The maximum atomic E-state index is 12.8. The molecule has 0 aromatic heterocycles. The predicted octanol–water partition coefficient (Wildman–Crippen LogP) is 1.34. The lowest BCUT2D eigenvalue weighted by atomic mass is 9.92. The standard InChI is InChI=1S/C12H19F3N2O4/c1-11(9(19)20,12(13,14)15)16-10(21)17(2)7-5-3-4-6-8(7)18/h7-8,18H,3-6H2,1-2H3,(H,16,21)(H,19,20). The van der Waals surface area contributed by atoms with Gasteiger partial charge in [-0.15, -0.1) is 0 Å². The van der Waals surface area contributed by atoms with Gasteiger partial charge in [-0.2, -0.15) is 13.2 Å². The van der Waals surface area contributed by atoms with Crippen molar-refractivity contribution < 1.29 is 33.0 Å². The number of rotatable bonds is 3. The van der Waals surface area contributed by atoms with E-state index in [2.05, 4.69) is 0 Å². The number of aliphatic carboxylic acids is 1. The molecule has 0 spiro atoms. The van der Waals surface area contributed by atoms with E-state index in [1.54, 1.807) is 0 Å². The van der Waals surface area contributed by atoms with Crippen LogP contribution in [0.15, 0.2) is 0 Å². The molecule has 9 heteroatoms. The molecule has 0 bridgehead atoms. The number of aliphatic hydroxyl groups is 1. The van der Waals surface area contributed by atoms with Crippen LogP contribution in [0.3, 0.4) is 0 Å². The fraction of sp³-hybridized carbons (Fsp3) is 0.833. The molecule has 1 saturated carbocycles. The summed E-state index contributed by atoms with van der Waals surface area (Å²) >= 11 is 0. The van der Waals surface area contributed by atoms with Crippen LogP contribution in [-0.2, 0) is 4.79 Å². The third-order valence-electron chi connectivity index (χ3n) is 3.86. The van der Waals surface area contributed by atoms with Gasteiger partial charge >= 0.3 is 18.2 Å². The molecule has 0 aliphatic heterocycles. The quantitative estimate of drug-likeness (QED) is 0.733. The van der Waals surface area contributed by atoms with Gasteiger partial charge in [-0.1, -0.05) is 12.8 Å². The Labute approximate surface area is 119 Å². The van der Waals surface area contributed by atoms with Crippen molar-refractivity contribution in [3.63, 3.8) is 0 Å². The predicted molar refractivity (Wildman–Crippen MR) is 66.7 cm³/mol. The third kappa shape index (κ3) is 3.58. The normalized spacial score (nSPS) is 25.8. The summed E-state index contributed by atoms with van der Waals surface area (Å²) in [6.07, 6.45) is -3.52. The van der Waals surface area contributed by atoms with E-state index >= 15 is 0 Å². The van der Waals surface area contributed by atoms with Gasteiger partial charge in [-0.3, -0.25) is 0 Å². The number of aliphatic hydroxyl groups excluding tert-OH is 1. The Bertz CT molecular complexity index is 416. The van der Waals surface area contributed by atoms with Crippen molar-refractivity contribution in [3.05, 3.63) is 0 Å². The summed E-state index contributed by atoms with van der Waals surface area (Å²) in [7, 11) is 1.24. The van der Waals surface area contributed by atoms with Gasteiger partial charge < -0.3 is 20.4 Å². The van der Waals surface area contributed by atoms with Crippen molar-refractivity contribution in [2.24, 2.45) is 0 Å². The number of carboxylic acid groups (broad SMARTS) is 1. The van der Waals surface area contributed by atoms with Crippen LogP contribution in [0.5, 0.6) is 0 Å². The topological polar surface area (TPSA) is 89.9 Å². The summed E-state index contributed by atoms with van der Waals surface area (Å²) in [4.78, 5) is 23.7. The zero-order valence-electron chi connectivity index (χ0n) is 11.8. The highest BCUT2D eigenvalue weighted by Gasteiger charge is 2.59. The van der Waals surface area contributed by atoms with E-state index in [1.807, 2.05) is 0 Å². The zero-order valence-corrected chi connectivity index (χ0v) is 11.8. The highest BCUT2D eigenvalue weighted by molar-refractivity contribution is 5.86. The smallest absolute Gasteiger partial charge is 0.422 e. The lowest BCUT2D eigenvalue weighted by molar-refractivity contribution is -0.203. The lowest BCUT2D eigenvalue weighted by Crippen LogP contribution is -2.65. The van der Waals surface area contributed by atoms with E-state index in [0.717, 1.165) is 17.7 Å². The van der Waals surface area contributed by atoms with Gasteiger partial charge in [0.25, 0.3) is 0 Å². The van der Waals surface area contributed by atoms with Crippen LogP contribution >= 0.6 is 0 Å². The number of likely N-dealkylation sites (N-methyl/N-ethyl adjacent to an activating group) is 1. The van der Waals surface area contributed by atoms with E-state index in [0.29, 0.717) is 19.8 Å². The van der Waals surface area contributed by atoms with Crippen LogP contribution in [0.25, 0.3) is 0 Å². The number of nitrogens with one attached hydrogen (secondary N) is 1. The molecule has 3 unspecified atom stereocenters. The van der Waals surface area contributed by atoms with Gasteiger partial charge in [-0.25, -0.2) is 9.59 Å². The Morgan fingerprint density at radius 3 is 2.19 bits per heavy atom. The molecule has 3 atom stereocenters. The van der Waals surface area contributed by atoms with Gasteiger partial charge in [0.2, 0.25) is 5.54 Å². The summed E-state index contributed by atoms with van der Waals surface area (Å²) in [6.45, 7) is 0.387. The summed E-state index contributed by atoms with van der Waals surface area (Å²) in [5.41, 5.74) is -3.38. The number of carboxylic acids is 1. The molecule has 1 aliphatic carbocycles. The maximum absolute atomic E-state index is 12.8.